The molecular weight excluding hydrogens is 354 g/mol. The number of hydrogen-bond donors (Lipinski definition) is 2. The van der Waals surface area contributed by atoms with Gasteiger partial charge < -0.3 is 24.7 Å². The third-order valence-electron chi connectivity index (χ3n) is 5.05. The third-order valence-corrected chi connectivity index (χ3v) is 5.05. The maximum Gasteiger partial charge on any atom is 0.322 e. The number of nitrogens with one attached hydrogen (secondary N) is 2. The molecule has 2 amide bonds. The zero-order valence-corrected chi connectivity index (χ0v) is 16.0. The van der Waals surface area contributed by atoms with Crippen molar-refractivity contribution < 1.29 is 14.3 Å². The molecule has 1 aliphatic rings. The highest BCUT2D eigenvalue weighted by atomic mass is 16.5. The first-order valence-electron chi connectivity index (χ1n) is 9.57. The fraction of sp³-hybridized carbons (Fsp3) is 0.318. The number of carbonyl (C=O) groups excluding carboxylic acids is 1. The number of carbonyl (C=O) groups is 1. The van der Waals surface area contributed by atoms with Gasteiger partial charge in [0.05, 0.1) is 12.7 Å². The van der Waals surface area contributed by atoms with Crippen LogP contribution in [0.25, 0.3) is 22.2 Å². The lowest BCUT2D eigenvalue weighted by Gasteiger charge is -2.32. The number of anilines is 1. The van der Waals surface area contributed by atoms with Crippen molar-refractivity contribution in [2.45, 2.75) is 12.5 Å². The Labute approximate surface area is 164 Å². The number of H-pyrrole nitrogens is 1. The minimum absolute atomic E-state index is 0.0313. The molecule has 1 unspecified atom stereocenters. The summed E-state index contributed by atoms with van der Waals surface area (Å²) in [6.45, 7) is 2.38. The Balaban J connectivity index is 1.39. The number of nitrogens with zero attached hydrogens (tertiary/aromatic N) is 1. The van der Waals surface area contributed by atoms with Gasteiger partial charge in [-0.05, 0) is 36.2 Å². The molecule has 1 fully saturated rings. The summed E-state index contributed by atoms with van der Waals surface area (Å²) < 4.78 is 10.8. The van der Waals surface area contributed by atoms with Crippen LogP contribution in [0.3, 0.4) is 0 Å². The Kier molecular flexibility index (Phi) is 5.60. The standard InChI is InChI=1S/C22H25N3O3/c1-27-12-10-19-15-25(11-13-28-19)22(26)23-18-8-6-16(7-9-18)21-14-17-4-2-3-5-20(17)24-21/h2-9,14,19,24H,10-13,15H2,1H3,(H,23,26). The van der Waals surface area contributed by atoms with Gasteiger partial charge in [-0.15, -0.1) is 0 Å². The van der Waals surface area contributed by atoms with Gasteiger partial charge in [0.2, 0.25) is 0 Å². The number of rotatable bonds is 5. The Morgan fingerprint density at radius 3 is 2.86 bits per heavy atom. The third kappa shape index (κ3) is 4.18. The number of hydrogen-bond acceptors (Lipinski definition) is 3. The fourth-order valence-electron chi connectivity index (χ4n) is 3.49. The smallest absolute Gasteiger partial charge is 0.322 e. The van der Waals surface area contributed by atoms with E-state index in [2.05, 4.69) is 28.5 Å². The largest absolute Gasteiger partial charge is 0.385 e. The van der Waals surface area contributed by atoms with Crippen LogP contribution in [0.15, 0.2) is 54.6 Å². The molecule has 1 aliphatic heterocycles. The van der Waals surface area contributed by atoms with Gasteiger partial charge in [-0.3, -0.25) is 0 Å². The van der Waals surface area contributed by atoms with Crippen molar-refractivity contribution in [2.24, 2.45) is 0 Å². The number of fused-ring (bicyclic) bond motifs is 1. The summed E-state index contributed by atoms with van der Waals surface area (Å²) in [6, 6.07) is 18.1. The zero-order valence-electron chi connectivity index (χ0n) is 16.0. The minimum atomic E-state index is -0.0934. The van der Waals surface area contributed by atoms with Gasteiger partial charge in [0.25, 0.3) is 0 Å². The molecule has 1 saturated heterocycles. The molecular formula is C22H25N3O3. The van der Waals surface area contributed by atoms with E-state index in [9.17, 15) is 4.79 Å². The molecule has 2 aromatic carbocycles. The van der Waals surface area contributed by atoms with Crippen molar-refractivity contribution in [1.29, 1.82) is 0 Å². The SMILES string of the molecule is COCCC1CN(C(=O)Nc2ccc(-c3cc4ccccc4[nH]3)cc2)CCO1. The van der Waals surface area contributed by atoms with Gasteiger partial charge in [-0.1, -0.05) is 30.3 Å². The van der Waals surface area contributed by atoms with Gasteiger partial charge in [0.15, 0.2) is 0 Å². The molecule has 0 saturated carbocycles. The van der Waals surface area contributed by atoms with Crippen molar-refractivity contribution in [3.8, 4) is 11.3 Å². The summed E-state index contributed by atoms with van der Waals surface area (Å²) in [6.07, 6.45) is 0.822. The Morgan fingerprint density at radius 1 is 1.25 bits per heavy atom. The predicted octanol–water partition coefficient (Wildman–Crippen LogP) is 4.10. The summed E-state index contributed by atoms with van der Waals surface area (Å²) in [5.74, 6) is 0. The van der Waals surface area contributed by atoms with E-state index in [0.717, 1.165) is 28.9 Å². The molecule has 1 atom stereocenters. The Bertz CT molecular complexity index is 903. The highest BCUT2D eigenvalue weighted by molar-refractivity contribution is 5.90. The second kappa shape index (κ2) is 8.46. The molecule has 2 N–H and O–H groups in total. The molecule has 2 heterocycles. The first-order valence-corrected chi connectivity index (χ1v) is 9.57. The van der Waals surface area contributed by atoms with Gasteiger partial charge in [-0.2, -0.15) is 0 Å². The van der Waals surface area contributed by atoms with Crippen LogP contribution in [0.4, 0.5) is 10.5 Å². The number of amides is 2. The first-order chi connectivity index (χ1) is 13.7. The summed E-state index contributed by atoms with van der Waals surface area (Å²) in [5, 5.41) is 4.17. The predicted molar refractivity (Wildman–Crippen MR) is 111 cm³/mol. The van der Waals surface area contributed by atoms with Gasteiger partial charge in [0.1, 0.15) is 0 Å². The van der Waals surface area contributed by atoms with E-state index < -0.39 is 0 Å². The van der Waals surface area contributed by atoms with Crippen LogP contribution < -0.4 is 5.32 Å². The highest BCUT2D eigenvalue weighted by Crippen LogP contribution is 2.25. The quantitative estimate of drug-likeness (QED) is 0.701. The maximum absolute atomic E-state index is 12.6. The number of urea groups is 1. The molecule has 1 aromatic heterocycles. The van der Waals surface area contributed by atoms with E-state index in [1.54, 1.807) is 12.0 Å². The van der Waals surface area contributed by atoms with E-state index in [1.807, 2.05) is 36.4 Å². The van der Waals surface area contributed by atoms with Crippen molar-refractivity contribution in [3.05, 3.63) is 54.6 Å². The Morgan fingerprint density at radius 2 is 2.07 bits per heavy atom. The molecule has 4 rings (SSSR count). The monoisotopic (exact) mass is 379 g/mol. The molecule has 0 aliphatic carbocycles. The van der Waals surface area contributed by atoms with Gasteiger partial charge >= 0.3 is 6.03 Å². The number of para-hydroxylation sites is 1. The van der Waals surface area contributed by atoms with Crippen molar-refractivity contribution >= 4 is 22.6 Å². The van der Waals surface area contributed by atoms with Crippen molar-refractivity contribution in [3.63, 3.8) is 0 Å². The van der Waals surface area contributed by atoms with Gasteiger partial charge in [-0.25, -0.2) is 4.79 Å². The number of aromatic amines is 1. The molecule has 0 radical (unpaired) electrons. The van der Waals surface area contributed by atoms with E-state index in [0.29, 0.717) is 26.3 Å². The molecule has 146 valence electrons. The average molecular weight is 379 g/mol. The number of aromatic nitrogens is 1. The fourth-order valence-corrected chi connectivity index (χ4v) is 3.49. The van der Waals surface area contributed by atoms with Crippen LogP contribution in [0, 0.1) is 0 Å². The normalized spacial score (nSPS) is 17.0. The van der Waals surface area contributed by atoms with Gasteiger partial charge in [0, 0.05) is 49.1 Å². The molecule has 0 spiro atoms. The second-order valence-corrected chi connectivity index (χ2v) is 7.00. The number of benzene rings is 2. The summed E-state index contributed by atoms with van der Waals surface area (Å²) in [7, 11) is 1.67. The molecule has 0 bridgehead atoms. The Hall–Kier alpha value is -2.83. The lowest BCUT2D eigenvalue weighted by atomic mass is 10.1. The minimum Gasteiger partial charge on any atom is -0.385 e. The van der Waals surface area contributed by atoms with E-state index >= 15 is 0 Å². The van der Waals surface area contributed by atoms with Crippen molar-refractivity contribution in [2.75, 3.05) is 38.7 Å². The van der Waals surface area contributed by atoms with Crippen molar-refractivity contribution in [1.82, 2.24) is 9.88 Å². The van der Waals surface area contributed by atoms with Crippen LogP contribution in [0.5, 0.6) is 0 Å². The molecule has 6 heteroatoms. The maximum atomic E-state index is 12.6. The zero-order chi connectivity index (χ0) is 19.3. The van der Waals surface area contributed by atoms with Crippen LogP contribution >= 0.6 is 0 Å². The van der Waals surface area contributed by atoms with E-state index in [4.69, 9.17) is 9.47 Å². The topological polar surface area (TPSA) is 66.6 Å². The number of ether oxygens (including phenoxy) is 2. The molecule has 28 heavy (non-hydrogen) atoms. The van der Waals surface area contributed by atoms with E-state index in [1.165, 1.54) is 5.39 Å². The lowest BCUT2D eigenvalue weighted by molar-refractivity contribution is -0.0260. The number of morpholine rings is 1. The molecule has 3 aromatic rings. The average Bonchev–Trinajstić information content (AvgIpc) is 3.17. The van der Waals surface area contributed by atoms with Crippen LogP contribution in [0.1, 0.15) is 6.42 Å². The lowest BCUT2D eigenvalue weighted by Crippen LogP contribution is -2.47. The summed E-state index contributed by atoms with van der Waals surface area (Å²) in [5.41, 5.74) is 4.04. The first kappa shape index (κ1) is 18.5. The number of methoxy groups -OCH3 is 1. The van der Waals surface area contributed by atoms with E-state index in [-0.39, 0.29) is 12.1 Å². The van der Waals surface area contributed by atoms with Crippen LogP contribution in [-0.4, -0.2) is 55.4 Å². The molecule has 6 nitrogen and oxygen atoms in total. The summed E-state index contributed by atoms with van der Waals surface area (Å²) >= 11 is 0. The van der Waals surface area contributed by atoms with Crippen LogP contribution in [0.2, 0.25) is 0 Å². The van der Waals surface area contributed by atoms with Crippen LogP contribution in [-0.2, 0) is 9.47 Å². The second-order valence-electron chi connectivity index (χ2n) is 7.00. The highest BCUT2D eigenvalue weighted by Gasteiger charge is 2.24. The summed E-state index contributed by atoms with van der Waals surface area (Å²) in [4.78, 5) is 17.8.